The van der Waals surface area contributed by atoms with Crippen LogP contribution in [-0.2, 0) is 4.74 Å². The molecule has 0 unspecified atom stereocenters. The fourth-order valence-electron chi connectivity index (χ4n) is 2.08. The first-order chi connectivity index (χ1) is 8.28. The largest absolute Gasteiger partial charge is 0.394 e. The predicted octanol–water partition coefficient (Wildman–Crippen LogP) is 0.0784. The minimum Gasteiger partial charge on any atom is -0.394 e. The van der Waals surface area contributed by atoms with Crippen molar-refractivity contribution < 1.29 is 9.84 Å². The van der Waals surface area contributed by atoms with E-state index in [1.165, 1.54) is 0 Å². The van der Waals surface area contributed by atoms with Crippen molar-refractivity contribution in [3.63, 3.8) is 0 Å². The van der Waals surface area contributed by atoms with E-state index in [0.29, 0.717) is 11.2 Å². The highest BCUT2D eigenvalue weighted by Crippen LogP contribution is 2.29. The molecule has 90 valence electrons. The number of anilines is 1. The van der Waals surface area contributed by atoms with Crippen LogP contribution in [-0.4, -0.2) is 37.3 Å². The standard InChI is InChI=1S/C10H13N5O2/c11-10-12-3-7-9(14-10)15(5-13-7)8-2-1-6(4-16)17-8/h3,5-6,8,16H,1-2,4H2,(H2,11,12,14)/t6-,8+/m0/s1. The molecule has 0 spiro atoms. The summed E-state index contributed by atoms with van der Waals surface area (Å²) >= 11 is 0. The molecule has 3 rings (SSSR count). The zero-order chi connectivity index (χ0) is 11.8. The maximum Gasteiger partial charge on any atom is 0.222 e. The Balaban J connectivity index is 1.98. The summed E-state index contributed by atoms with van der Waals surface area (Å²) in [5.41, 5.74) is 6.92. The van der Waals surface area contributed by atoms with Crippen LogP contribution in [0.3, 0.4) is 0 Å². The molecular weight excluding hydrogens is 222 g/mol. The Morgan fingerprint density at radius 1 is 1.47 bits per heavy atom. The van der Waals surface area contributed by atoms with Gasteiger partial charge in [0.15, 0.2) is 5.65 Å². The van der Waals surface area contributed by atoms with Gasteiger partial charge in [-0.05, 0) is 12.8 Å². The Hall–Kier alpha value is -1.73. The fraction of sp³-hybridized carbons (Fsp3) is 0.500. The molecule has 0 bridgehead atoms. The normalized spacial score (nSPS) is 24.5. The van der Waals surface area contributed by atoms with Gasteiger partial charge in [-0.15, -0.1) is 0 Å². The lowest BCUT2D eigenvalue weighted by Gasteiger charge is -2.13. The van der Waals surface area contributed by atoms with E-state index in [1.807, 2.05) is 4.57 Å². The zero-order valence-electron chi connectivity index (χ0n) is 9.15. The topological polar surface area (TPSA) is 99.1 Å². The van der Waals surface area contributed by atoms with E-state index in [1.54, 1.807) is 12.5 Å². The number of aromatic nitrogens is 4. The maximum absolute atomic E-state index is 9.04. The average Bonchev–Trinajstić information content (AvgIpc) is 2.93. The minimum atomic E-state index is -0.133. The molecule has 2 atom stereocenters. The van der Waals surface area contributed by atoms with Gasteiger partial charge in [0.25, 0.3) is 0 Å². The van der Waals surface area contributed by atoms with Crippen LogP contribution >= 0.6 is 0 Å². The number of hydrogen-bond acceptors (Lipinski definition) is 6. The smallest absolute Gasteiger partial charge is 0.222 e. The van der Waals surface area contributed by atoms with E-state index in [2.05, 4.69) is 15.0 Å². The van der Waals surface area contributed by atoms with Crippen molar-refractivity contribution in [2.45, 2.75) is 25.2 Å². The van der Waals surface area contributed by atoms with E-state index in [-0.39, 0.29) is 24.9 Å². The van der Waals surface area contributed by atoms with E-state index in [4.69, 9.17) is 15.6 Å². The van der Waals surface area contributed by atoms with Crippen molar-refractivity contribution in [2.24, 2.45) is 0 Å². The van der Waals surface area contributed by atoms with E-state index >= 15 is 0 Å². The lowest BCUT2D eigenvalue weighted by Crippen LogP contribution is -2.14. The van der Waals surface area contributed by atoms with Gasteiger partial charge < -0.3 is 15.6 Å². The van der Waals surface area contributed by atoms with Gasteiger partial charge in [0.05, 0.1) is 25.2 Å². The highest BCUT2D eigenvalue weighted by Gasteiger charge is 2.27. The van der Waals surface area contributed by atoms with Crippen molar-refractivity contribution in [3.05, 3.63) is 12.5 Å². The first-order valence-electron chi connectivity index (χ1n) is 5.49. The number of fused-ring (bicyclic) bond motifs is 1. The SMILES string of the molecule is Nc1ncc2ncn([C@H]3CC[C@@H](CO)O3)c2n1. The van der Waals surface area contributed by atoms with Gasteiger partial charge in [-0.25, -0.2) is 9.97 Å². The molecule has 17 heavy (non-hydrogen) atoms. The molecule has 2 aromatic heterocycles. The second-order valence-electron chi connectivity index (χ2n) is 4.06. The molecule has 1 saturated heterocycles. The van der Waals surface area contributed by atoms with Gasteiger partial charge in [-0.2, -0.15) is 4.98 Å². The molecule has 3 N–H and O–H groups in total. The average molecular weight is 235 g/mol. The Labute approximate surface area is 97.3 Å². The predicted molar refractivity (Wildman–Crippen MR) is 60.0 cm³/mol. The quantitative estimate of drug-likeness (QED) is 0.764. The lowest BCUT2D eigenvalue weighted by atomic mass is 10.2. The van der Waals surface area contributed by atoms with Crippen LogP contribution in [0.5, 0.6) is 0 Å². The Morgan fingerprint density at radius 3 is 3.12 bits per heavy atom. The van der Waals surface area contributed by atoms with Crippen LogP contribution in [0.25, 0.3) is 11.2 Å². The van der Waals surface area contributed by atoms with Crippen LogP contribution in [0, 0.1) is 0 Å². The summed E-state index contributed by atoms with van der Waals surface area (Å²) in [6.45, 7) is 0.0419. The van der Waals surface area contributed by atoms with Crippen LogP contribution in [0.2, 0.25) is 0 Å². The number of aliphatic hydroxyl groups excluding tert-OH is 1. The Kier molecular flexibility index (Phi) is 2.41. The summed E-state index contributed by atoms with van der Waals surface area (Å²) in [4.78, 5) is 12.2. The Bertz CT molecular complexity index is 540. The summed E-state index contributed by atoms with van der Waals surface area (Å²) in [5.74, 6) is 0.218. The van der Waals surface area contributed by atoms with Gasteiger partial charge in [0, 0.05) is 0 Å². The van der Waals surface area contributed by atoms with Crippen LogP contribution in [0.15, 0.2) is 12.5 Å². The summed E-state index contributed by atoms with van der Waals surface area (Å²) in [7, 11) is 0. The number of nitrogens with zero attached hydrogens (tertiary/aromatic N) is 4. The van der Waals surface area contributed by atoms with Crippen molar-refractivity contribution in [1.82, 2.24) is 19.5 Å². The van der Waals surface area contributed by atoms with Crippen molar-refractivity contribution >= 4 is 17.1 Å². The summed E-state index contributed by atoms with van der Waals surface area (Å²) in [6.07, 6.45) is 4.70. The molecule has 1 aliphatic heterocycles. The molecule has 0 aliphatic carbocycles. The van der Waals surface area contributed by atoms with Crippen LogP contribution < -0.4 is 5.73 Å². The van der Waals surface area contributed by atoms with E-state index in [0.717, 1.165) is 12.8 Å². The van der Waals surface area contributed by atoms with E-state index < -0.39 is 0 Å². The lowest BCUT2D eigenvalue weighted by molar-refractivity contribution is -0.0207. The monoisotopic (exact) mass is 235 g/mol. The molecule has 3 heterocycles. The number of nitrogens with two attached hydrogens (primary N) is 1. The molecule has 0 radical (unpaired) electrons. The molecular formula is C10H13N5O2. The van der Waals surface area contributed by atoms with Gasteiger partial charge in [0.2, 0.25) is 5.95 Å². The van der Waals surface area contributed by atoms with Gasteiger partial charge >= 0.3 is 0 Å². The third kappa shape index (κ3) is 1.73. The third-order valence-electron chi connectivity index (χ3n) is 2.93. The zero-order valence-corrected chi connectivity index (χ0v) is 9.15. The van der Waals surface area contributed by atoms with Gasteiger partial charge in [0.1, 0.15) is 11.7 Å². The van der Waals surface area contributed by atoms with Crippen molar-refractivity contribution in [3.8, 4) is 0 Å². The Morgan fingerprint density at radius 2 is 2.35 bits per heavy atom. The molecule has 0 amide bonds. The van der Waals surface area contributed by atoms with E-state index in [9.17, 15) is 0 Å². The number of imidazole rings is 1. The molecule has 0 aromatic carbocycles. The third-order valence-corrected chi connectivity index (χ3v) is 2.93. The number of nitrogen functional groups attached to an aromatic ring is 1. The number of hydrogen-bond donors (Lipinski definition) is 2. The van der Waals surface area contributed by atoms with Crippen LogP contribution in [0.4, 0.5) is 5.95 Å². The molecule has 2 aromatic rings. The molecule has 7 nitrogen and oxygen atoms in total. The second kappa shape index (κ2) is 3.94. The van der Waals surface area contributed by atoms with Gasteiger partial charge in [-0.3, -0.25) is 4.57 Å². The number of rotatable bonds is 2. The second-order valence-corrected chi connectivity index (χ2v) is 4.06. The molecule has 1 aliphatic rings. The summed E-state index contributed by atoms with van der Waals surface area (Å²) in [6, 6.07) is 0. The number of ether oxygens (including phenoxy) is 1. The maximum atomic E-state index is 9.04. The molecule has 1 fully saturated rings. The number of aliphatic hydroxyl groups is 1. The fourth-order valence-corrected chi connectivity index (χ4v) is 2.08. The summed E-state index contributed by atoms with van der Waals surface area (Å²) < 4.78 is 7.51. The van der Waals surface area contributed by atoms with Gasteiger partial charge in [-0.1, -0.05) is 0 Å². The first-order valence-corrected chi connectivity index (χ1v) is 5.49. The first kappa shape index (κ1) is 10.4. The molecule has 7 heteroatoms. The molecule has 0 saturated carbocycles. The highest BCUT2D eigenvalue weighted by atomic mass is 16.5. The minimum absolute atomic E-state index is 0.0419. The van der Waals surface area contributed by atoms with Crippen molar-refractivity contribution in [1.29, 1.82) is 0 Å². The summed E-state index contributed by atoms with van der Waals surface area (Å²) in [5, 5.41) is 9.04. The highest BCUT2D eigenvalue weighted by molar-refractivity contribution is 5.70. The van der Waals surface area contributed by atoms with Crippen LogP contribution in [0.1, 0.15) is 19.1 Å². The van der Waals surface area contributed by atoms with Crippen molar-refractivity contribution in [2.75, 3.05) is 12.3 Å².